The van der Waals surface area contributed by atoms with Gasteiger partial charge in [0.25, 0.3) is 5.82 Å². The molecule has 0 fully saturated rings. The average Bonchev–Trinajstić information content (AvgIpc) is 3.07. The summed E-state index contributed by atoms with van der Waals surface area (Å²) in [5, 5.41) is 0. The molecule has 1 rings (SSSR count). The van der Waals surface area contributed by atoms with Crippen LogP contribution in [0.3, 0.4) is 0 Å². The van der Waals surface area contributed by atoms with E-state index in [9.17, 15) is 0 Å². The normalized spacial score (nSPS) is 11.4. The van der Waals surface area contributed by atoms with E-state index in [1.54, 1.807) is 0 Å². The van der Waals surface area contributed by atoms with E-state index in [2.05, 4.69) is 42.3 Å². The number of aromatic nitrogens is 2. The number of aryl methyl sites for hydroxylation is 2. The van der Waals surface area contributed by atoms with Crippen LogP contribution in [0.2, 0.25) is 0 Å². The number of hydrogen-bond donors (Lipinski definition) is 0. The third-order valence-corrected chi connectivity index (χ3v) is 5.91. The minimum Gasteiger partial charge on any atom is -0.234 e. The summed E-state index contributed by atoms with van der Waals surface area (Å²) < 4.78 is 5.02. The van der Waals surface area contributed by atoms with Crippen LogP contribution in [0, 0.1) is 0 Å². The second-order valence-electron chi connectivity index (χ2n) is 8.40. The largest absolute Gasteiger partial charge is 0.256 e. The molecule has 0 spiro atoms. The van der Waals surface area contributed by atoms with Gasteiger partial charge in [0.15, 0.2) is 0 Å². The summed E-state index contributed by atoms with van der Waals surface area (Å²) in [6.07, 6.45) is 28.3. The SMILES string of the molecule is CCCCCCCCCCCCCn1cc[n+](CCCCCCC)c1CC. The lowest BCUT2D eigenvalue weighted by atomic mass is 10.1. The number of nitrogens with zero attached hydrogens (tertiary/aromatic N) is 2. The van der Waals surface area contributed by atoms with Gasteiger partial charge in [0.05, 0.1) is 13.1 Å². The summed E-state index contributed by atoms with van der Waals surface area (Å²) in [5.41, 5.74) is 0. The molecule has 0 radical (unpaired) electrons. The van der Waals surface area contributed by atoms with Gasteiger partial charge in [-0.15, -0.1) is 0 Å². The van der Waals surface area contributed by atoms with Crippen LogP contribution in [0.1, 0.15) is 129 Å². The molecule has 0 saturated carbocycles. The molecular formula is C25H49N2+. The van der Waals surface area contributed by atoms with Gasteiger partial charge in [0, 0.05) is 6.42 Å². The van der Waals surface area contributed by atoms with E-state index in [-0.39, 0.29) is 0 Å². The Morgan fingerprint density at radius 1 is 0.630 bits per heavy atom. The highest BCUT2D eigenvalue weighted by molar-refractivity contribution is 4.83. The molecule has 0 bridgehead atoms. The number of unbranched alkanes of at least 4 members (excludes halogenated alkanes) is 14. The van der Waals surface area contributed by atoms with Crippen LogP contribution >= 0.6 is 0 Å². The fourth-order valence-corrected chi connectivity index (χ4v) is 4.14. The zero-order valence-electron chi connectivity index (χ0n) is 19.0. The maximum absolute atomic E-state index is 2.51. The number of imidazole rings is 1. The quantitative estimate of drug-likeness (QED) is 0.173. The van der Waals surface area contributed by atoms with Gasteiger partial charge in [-0.3, -0.25) is 0 Å². The van der Waals surface area contributed by atoms with Gasteiger partial charge in [0.2, 0.25) is 0 Å². The molecule has 0 aliphatic rings. The van der Waals surface area contributed by atoms with Crippen molar-refractivity contribution in [1.82, 2.24) is 4.57 Å². The van der Waals surface area contributed by atoms with Crippen LogP contribution in [0.4, 0.5) is 0 Å². The first kappa shape index (κ1) is 24.2. The Bertz CT molecular complexity index is 436. The second-order valence-corrected chi connectivity index (χ2v) is 8.40. The number of rotatable bonds is 19. The second kappa shape index (κ2) is 17.3. The van der Waals surface area contributed by atoms with Crippen LogP contribution in [-0.4, -0.2) is 4.57 Å². The minimum atomic E-state index is 1.15. The summed E-state index contributed by atoms with van der Waals surface area (Å²) in [4.78, 5) is 0. The van der Waals surface area contributed by atoms with Crippen molar-refractivity contribution in [3.8, 4) is 0 Å². The summed E-state index contributed by atoms with van der Waals surface area (Å²) >= 11 is 0. The maximum atomic E-state index is 2.51. The van der Waals surface area contributed by atoms with E-state index >= 15 is 0 Å². The molecule has 1 heterocycles. The van der Waals surface area contributed by atoms with Gasteiger partial charge in [0.1, 0.15) is 12.4 Å². The van der Waals surface area contributed by atoms with E-state index in [1.807, 2.05) is 0 Å². The van der Waals surface area contributed by atoms with Crippen LogP contribution < -0.4 is 4.57 Å². The highest BCUT2D eigenvalue weighted by Gasteiger charge is 2.14. The molecular weight excluding hydrogens is 328 g/mol. The van der Waals surface area contributed by atoms with Gasteiger partial charge in [-0.2, -0.15) is 0 Å². The van der Waals surface area contributed by atoms with Crippen molar-refractivity contribution in [3.05, 3.63) is 18.2 Å². The van der Waals surface area contributed by atoms with E-state index in [1.165, 1.54) is 122 Å². The molecule has 1 aromatic rings. The lowest BCUT2D eigenvalue weighted by molar-refractivity contribution is -0.704. The van der Waals surface area contributed by atoms with Crippen LogP contribution in [0.25, 0.3) is 0 Å². The molecule has 0 aliphatic heterocycles. The van der Waals surface area contributed by atoms with Crippen molar-refractivity contribution >= 4 is 0 Å². The fraction of sp³-hybridized carbons (Fsp3) is 0.880. The predicted molar refractivity (Wildman–Crippen MR) is 119 cm³/mol. The molecule has 0 saturated heterocycles. The molecule has 27 heavy (non-hydrogen) atoms. The monoisotopic (exact) mass is 377 g/mol. The van der Waals surface area contributed by atoms with Gasteiger partial charge >= 0.3 is 0 Å². The summed E-state index contributed by atoms with van der Waals surface area (Å²) in [6.45, 7) is 9.31. The van der Waals surface area contributed by atoms with Crippen molar-refractivity contribution in [1.29, 1.82) is 0 Å². The van der Waals surface area contributed by atoms with Crippen molar-refractivity contribution < 1.29 is 4.57 Å². The lowest BCUT2D eigenvalue weighted by Gasteiger charge is -2.05. The van der Waals surface area contributed by atoms with Crippen LogP contribution in [0.5, 0.6) is 0 Å². The fourth-order valence-electron chi connectivity index (χ4n) is 4.14. The van der Waals surface area contributed by atoms with Gasteiger partial charge in [-0.1, -0.05) is 97.8 Å². The summed E-state index contributed by atoms with van der Waals surface area (Å²) in [6, 6.07) is 0. The molecule has 1 aromatic heterocycles. The van der Waals surface area contributed by atoms with Gasteiger partial charge in [-0.25, -0.2) is 9.13 Å². The van der Waals surface area contributed by atoms with Crippen molar-refractivity contribution in [2.75, 3.05) is 0 Å². The summed E-state index contributed by atoms with van der Waals surface area (Å²) in [5.74, 6) is 1.53. The molecule has 0 N–H and O–H groups in total. The van der Waals surface area contributed by atoms with E-state index < -0.39 is 0 Å². The minimum absolute atomic E-state index is 1.15. The molecule has 0 aromatic carbocycles. The van der Waals surface area contributed by atoms with E-state index in [0.717, 1.165) is 6.42 Å². The molecule has 158 valence electrons. The Labute approximate surface area is 170 Å². The van der Waals surface area contributed by atoms with Crippen molar-refractivity contribution in [2.45, 2.75) is 143 Å². The first-order valence-corrected chi connectivity index (χ1v) is 12.4. The maximum Gasteiger partial charge on any atom is 0.256 e. The molecule has 0 aliphatic carbocycles. The number of hydrogen-bond acceptors (Lipinski definition) is 0. The molecule has 0 unspecified atom stereocenters. The topological polar surface area (TPSA) is 8.81 Å². The first-order chi connectivity index (χ1) is 13.3. The highest BCUT2D eigenvalue weighted by atomic mass is 15.1. The standard InChI is InChI=1S/C25H49N2/c1-4-7-9-11-12-13-14-15-16-18-20-22-27-24-23-26(25(27)6-3)21-19-17-10-8-5-2/h23-24H,4-22H2,1-3H3/q+1. The van der Waals surface area contributed by atoms with Crippen molar-refractivity contribution in [2.24, 2.45) is 0 Å². The molecule has 0 atom stereocenters. The van der Waals surface area contributed by atoms with Crippen LogP contribution in [0.15, 0.2) is 12.4 Å². The Morgan fingerprint density at radius 3 is 1.63 bits per heavy atom. The Balaban J connectivity index is 2.09. The van der Waals surface area contributed by atoms with Gasteiger partial charge < -0.3 is 0 Å². The Hall–Kier alpha value is -0.790. The smallest absolute Gasteiger partial charge is 0.234 e. The predicted octanol–water partition coefficient (Wildman–Crippen LogP) is 7.62. The molecule has 2 heteroatoms. The zero-order chi connectivity index (χ0) is 19.6. The third kappa shape index (κ3) is 11.6. The average molecular weight is 378 g/mol. The van der Waals surface area contributed by atoms with E-state index in [4.69, 9.17) is 0 Å². The lowest BCUT2D eigenvalue weighted by Crippen LogP contribution is -2.37. The van der Waals surface area contributed by atoms with Gasteiger partial charge in [-0.05, 0) is 25.7 Å². The van der Waals surface area contributed by atoms with Crippen LogP contribution in [-0.2, 0) is 19.5 Å². The molecule has 0 amide bonds. The first-order valence-electron chi connectivity index (χ1n) is 12.4. The Kier molecular flexibility index (Phi) is 15.6. The third-order valence-electron chi connectivity index (χ3n) is 5.91. The summed E-state index contributed by atoms with van der Waals surface area (Å²) in [7, 11) is 0. The highest BCUT2D eigenvalue weighted by Crippen LogP contribution is 2.12. The molecule has 2 nitrogen and oxygen atoms in total. The Morgan fingerprint density at radius 2 is 1.11 bits per heavy atom. The zero-order valence-corrected chi connectivity index (χ0v) is 19.0. The van der Waals surface area contributed by atoms with Crippen molar-refractivity contribution in [3.63, 3.8) is 0 Å². The van der Waals surface area contributed by atoms with E-state index in [0.29, 0.717) is 0 Å².